The maximum atomic E-state index is 14.6. The van der Waals surface area contributed by atoms with Gasteiger partial charge in [0.25, 0.3) is 0 Å². The molecule has 160 valence electrons. The Hall–Kier alpha value is -3.60. The van der Waals surface area contributed by atoms with Crippen LogP contribution in [0.3, 0.4) is 0 Å². The van der Waals surface area contributed by atoms with Crippen molar-refractivity contribution in [2.75, 3.05) is 0 Å². The fourth-order valence-corrected chi connectivity index (χ4v) is 3.36. The highest BCUT2D eigenvalue weighted by Crippen LogP contribution is 2.39. The van der Waals surface area contributed by atoms with Gasteiger partial charge in [0, 0.05) is 23.6 Å². The lowest BCUT2D eigenvalue weighted by atomic mass is 9.80. The Kier molecular flexibility index (Phi) is 5.27. The lowest BCUT2D eigenvalue weighted by molar-refractivity contribution is -0.0123. The summed E-state index contributed by atoms with van der Waals surface area (Å²) in [6.45, 7) is 1.34. The van der Waals surface area contributed by atoms with E-state index in [2.05, 4.69) is 20.4 Å². The summed E-state index contributed by atoms with van der Waals surface area (Å²) in [6, 6.07) is 5.80. The summed E-state index contributed by atoms with van der Waals surface area (Å²) in [6.07, 6.45) is 3.93. The molecule has 0 aliphatic rings. The topological polar surface area (TPSA) is 81.6 Å². The minimum atomic E-state index is -1.94. The molecule has 0 bridgehead atoms. The molecule has 7 nitrogen and oxygen atoms in total. The van der Waals surface area contributed by atoms with Crippen LogP contribution in [-0.4, -0.2) is 34.9 Å². The van der Waals surface area contributed by atoms with E-state index in [0.717, 1.165) is 22.9 Å². The van der Waals surface area contributed by atoms with Gasteiger partial charge in [-0.25, -0.2) is 31.9 Å². The first kappa shape index (κ1) is 20.7. The van der Waals surface area contributed by atoms with Gasteiger partial charge in [0.1, 0.15) is 41.4 Å². The third kappa shape index (κ3) is 3.91. The highest BCUT2D eigenvalue weighted by molar-refractivity contribution is 5.34. The van der Waals surface area contributed by atoms with Crippen LogP contribution in [-0.2, 0) is 12.1 Å². The molecule has 31 heavy (non-hydrogen) atoms. The summed E-state index contributed by atoms with van der Waals surface area (Å²) in [4.78, 5) is 3.81. The van der Waals surface area contributed by atoms with Crippen LogP contribution in [0.25, 0.3) is 5.69 Å². The second-order valence-corrected chi connectivity index (χ2v) is 7.05. The normalized spacial score (nSPS) is 14.4. The lowest BCUT2D eigenvalue weighted by Crippen LogP contribution is -2.38. The van der Waals surface area contributed by atoms with E-state index in [9.17, 15) is 22.7 Å². The van der Waals surface area contributed by atoms with Gasteiger partial charge in [-0.1, -0.05) is 18.2 Å². The van der Waals surface area contributed by atoms with E-state index in [1.54, 1.807) is 6.92 Å². The van der Waals surface area contributed by atoms with Crippen molar-refractivity contribution in [3.63, 3.8) is 0 Å². The summed E-state index contributed by atoms with van der Waals surface area (Å²) < 4.78 is 57.8. The van der Waals surface area contributed by atoms with Crippen LogP contribution in [0, 0.1) is 23.3 Å². The fourth-order valence-electron chi connectivity index (χ4n) is 3.36. The van der Waals surface area contributed by atoms with E-state index < -0.39 is 34.8 Å². The van der Waals surface area contributed by atoms with Crippen molar-refractivity contribution >= 4 is 0 Å². The molecule has 0 radical (unpaired) electrons. The second kappa shape index (κ2) is 7.91. The summed E-state index contributed by atoms with van der Waals surface area (Å²) in [7, 11) is 0. The summed E-state index contributed by atoms with van der Waals surface area (Å²) in [5, 5.41) is 23.3. The van der Waals surface area contributed by atoms with Gasteiger partial charge in [-0.2, -0.15) is 5.10 Å². The van der Waals surface area contributed by atoms with Gasteiger partial charge in [0.05, 0.1) is 18.4 Å². The molecule has 0 aliphatic carbocycles. The molecule has 0 aliphatic heterocycles. The van der Waals surface area contributed by atoms with E-state index >= 15 is 0 Å². The largest absolute Gasteiger partial charge is 0.382 e. The predicted octanol–water partition coefficient (Wildman–Crippen LogP) is 3.11. The number of halogens is 4. The molecule has 11 heteroatoms. The molecule has 2 aromatic carbocycles. The van der Waals surface area contributed by atoms with Gasteiger partial charge < -0.3 is 5.11 Å². The van der Waals surface area contributed by atoms with Crippen molar-refractivity contribution in [1.82, 2.24) is 29.8 Å². The van der Waals surface area contributed by atoms with Gasteiger partial charge in [0.2, 0.25) is 0 Å². The van der Waals surface area contributed by atoms with Crippen molar-refractivity contribution < 1.29 is 22.7 Å². The van der Waals surface area contributed by atoms with Crippen molar-refractivity contribution in [3.8, 4) is 5.69 Å². The molecule has 0 spiro atoms. The average molecular weight is 432 g/mol. The zero-order valence-electron chi connectivity index (χ0n) is 16.1. The first-order chi connectivity index (χ1) is 14.8. The second-order valence-electron chi connectivity index (χ2n) is 7.05. The van der Waals surface area contributed by atoms with Crippen LogP contribution in [0.5, 0.6) is 0 Å². The van der Waals surface area contributed by atoms with E-state index in [-0.39, 0.29) is 23.5 Å². The highest BCUT2D eigenvalue weighted by Gasteiger charge is 2.41. The van der Waals surface area contributed by atoms with E-state index in [1.807, 2.05) is 0 Å². The lowest BCUT2D eigenvalue weighted by Gasteiger charge is -2.33. The molecule has 2 heterocycles. The number of aliphatic hydroxyl groups is 1. The van der Waals surface area contributed by atoms with Crippen molar-refractivity contribution in [1.29, 1.82) is 0 Å². The Balaban J connectivity index is 1.76. The number of hydrogen-bond acceptors (Lipinski definition) is 5. The van der Waals surface area contributed by atoms with Crippen LogP contribution >= 0.6 is 0 Å². The van der Waals surface area contributed by atoms with Gasteiger partial charge in [0.15, 0.2) is 5.82 Å². The molecule has 0 saturated carbocycles. The van der Waals surface area contributed by atoms with E-state index in [4.69, 9.17) is 0 Å². The monoisotopic (exact) mass is 432 g/mol. The Morgan fingerprint density at radius 1 is 1.03 bits per heavy atom. The fraction of sp³-hybridized carbons (Fsp3) is 0.200. The Bertz CT molecular complexity index is 1210. The molecule has 0 amide bonds. The molecule has 2 aromatic heterocycles. The van der Waals surface area contributed by atoms with Gasteiger partial charge in [-0.15, -0.1) is 5.10 Å². The summed E-state index contributed by atoms with van der Waals surface area (Å²) in [5.74, 6) is -4.24. The predicted molar refractivity (Wildman–Crippen MR) is 100.0 cm³/mol. The Labute approximate surface area is 173 Å². The summed E-state index contributed by atoms with van der Waals surface area (Å²) in [5.41, 5.74) is -1.98. The van der Waals surface area contributed by atoms with Crippen molar-refractivity contribution in [3.05, 3.63) is 89.8 Å². The highest BCUT2D eigenvalue weighted by atomic mass is 19.1. The minimum Gasteiger partial charge on any atom is -0.382 e. The average Bonchev–Trinajstić information content (AvgIpc) is 3.39. The molecular formula is C20H16F4N6O. The van der Waals surface area contributed by atoms with Crippen molar-refractivity contribution in [2.24, 2.45) is 0 Å². The number of benzene rings is 2. The third-order valence-corrected chi connectivity index (χ3v) is 5.09. The smallest absolute Gasteiger partial charge is 0.151 e. The van der Waals surface area contributed by atoms with E-state index in [0.29, 0.717) is 12.1 Å². The van der Waals surface area contributed by atoms with E-state index in [1.165, 1.54) is 29.6 Å². The maximum Gasteiger partial charge on any atom is 0.151 e. The number of rotatable bonds is 6. The molecule has 2 unspecified atom stereocenters. The quantitative estimate of drug-likeness (QED) is 0.474. The van der Waals surface area contributed by atoms with Gasteiger partial charge in [-0.05, 0) is 18.2 Å². The maximum absolute atomic E-state index is 14.6. The molecule has 4 aromatic rings. The first-order valence-corrected chi connectivity index (χ1v) is 9.16. The summed E-state index contributed by atoms with van der Waals surface area (Å²) >= 11 is 0. The van der Waals surface area contributed by atoms with Crippen LogP contribution in [0.4, 0.5) is 17.6 Å². The zero-order chi connectivity index (χ0) is 22.2. The van der Waals surface area contributed by atoms with Crippen LogP contribution in [0.15, 0.2) is 55.2 Å². The van der Waals surface area contributed by atoms with Crippen LogP contribution in [0.1, 0.15) is 24.1 Å². The molecule has 0 saturated heterocycles. The molecular weight excluding hydrogens is 416 g/mol. The van der Waals surface area contributed by atoms with Crippen LogP contribution in [0.2, 0.25) is 0 Å². The van der Waals surface area contributed by atoms with Crippen molar-refractivity contribution in [2.45, 2.75) is 25.0 Å². The SMILES string of the molecule is CC(c1cn(-c2ccc(F)cc2F)nn1)C(O)(Cn1cncn1)c1ccc(F)cc1F. The Morgan fingerprint density at radius 3 is 2.39 bits per heavy atom. The number of aromatic nitrogens is 6. The van der Waals surface area contributed by atoms with Gasteiger partial charge in [-0.3, -0.25) is 0 Å². The zero-order valence-corrected chi connectivity index (χ0v) is 16.1. The molecule has 2 atom stereocenters. The Morgan fingerprint density at radius 2 is 1.74 bits per heavy atom. The number of nitrogens with zero attached hydrogens (tertiary/aromatic N) is 6. The third-order valence-electron chi connectivity index (χ3n) is 5.09. The van der Waals surface area contributed by atoms with Gasteiger partial charge >= 0.3 is 0 Å². The standard InChI is InChI=1S/C20H16F4N6O/c1-12(18-8-30(28-27-18)19-5-3-14(22)7-17(19)24)20(31,9-29-11-25-10-26-29)15-4-2-13(21)6-16(15)23/h2-8,10-12,31H,9H2,1H3. The number of hydrogen-bond donors (Lipinski definition) is 1. The minimum absolute atomic E-state index is 0.0554. The molecule has 0 fully saturated rings. The molecule has 4 rings (SSSR count). The molecule has 1 N–H and O–H groups in total. The van der Waals surface area contributed by atoms with Crippen LogP contribution < -0.4 is 0 Å². The first-order valence-electron chi connectivity index (χ1n) is 9.16.